The van der Waals surface area contributed by atoms with Crippen molar-refractivity contribution in [1.82, 2.24) is 0 Å². The summed E-state index contributed by atoms with van der Waals surface area (Å²) < 4.78 is 27.8. The molecular weight excluding hydrogens is 192 g/mol. The molecule has 13 heavy (non-hydrogen) atoms. The highest BCUT2D eigenvalue weighted by atomic mass is 32.2. The van der Waals surface area contributed by atoms with Gasteiger partial charge in [0.1, 0.15) is 6.10 Å². The summed E-state index contributed by atoms with van der Waals surface area (Å²) in [5.41, 5.74) is 0. The minimum Gasteiger partial charge on any atom is -0.390 e. The molecule has 0 aromatic carbocycles. The van der Waals surface area contributed by atoms with Crippen LogP contribution < -0.4 is 0 Å². The standard InChI is InChI=1S/C8H12O4S/c9-7-4-1-2-5-6(3-4)13(10,11)12-8(5)7/h4-9H,1-3H2. The van der Waals surface area contributed by atoms with Crippen LogP contribution in [-0.2, 0) is 14.3 Å². The Balaban J connectivity index is 2.08. The van der Waals surface area contributed by atoms with Crippen LogP contribution in [0.25, 0.3) is 0 Å². The van der Waals surface area contributed by atoms with E-state index >= 15 is 0 Å². The van der Waals surface area contributed by atoms with Gasteiger partial charge in [-0.25, -0.2) is 0 Å². The molecule has 0 aromatic heterocycles. The summed E-state index contributed by atoms with van der Waals surface area (Å²) in [6.45, 7) is 0. The van der Waals surface area contributed by atoms with Crippen LogP contribution in [0, 0.1) is 11.8 Å². The molecule has 0 spiro atoms. The van der Waals surface area contributed by atoms with E-state index in [1.807, 2.05) is 0 Å². The molecule has 1 aliphatic heterocycles. The van der Waals surface area contributed by atoms with Crippen molar-refractivity contribution in [3.63, 3.8) is 0 Å². The third-order valence-corrected chi connectivity index (χ3v) is 5.52. The smallest absolute Gasteiger partial charge is 0.270 e. The Hall–Kier alpha value is -0.130. The Morgan fingerprint density at radius 2 is 2.08 bits per heavy atom. The molecule has 4 aliphatic rings. The Labute approximate surface area is 77.0 Å². The maximum absolute atomic E-state index is 11.4. The lowest BCUT2D eigenvalue weighted by atomic mass is 9.67. The number of aliphatic hydroxyl groups excluding tert-OH is 1. The van der Waals surface area contributed by atoms with Crippen molar-refractivity contribution in [3.8, 4) is 0 Å². The second-order valence-corrected chi connectivity index (χ2v) is 6.10. The van der Waals surface area contributed by atoms with E-state index in [2.05, 4.69) is 0 Å². The van der Waals surface area contributed by atoms with E-state index in [1.165, 1.54) is 0 Å². The number of hydrogen-bond acceptors (Lipinski definition) is 4. The lowest BCUT2D eigenvalue weighted by molar-refractivity contribution is -0.0687. The van der Waals surface area contributed by atoms with Gasteiger partial charge in [0.05, 0.1) is 11.4 Å². The second kappa shape index (κ2) is 2.27. The normalized spacial score (nSPS) is 56.8. The van der Waals surface area contributed by atoms with E-state index in [0.717, 1.165) is 12.8 Å². The SMILES string of the molecule is O=S1(=O)OC2C(O)C3CCC2C1C3. The average Bonchev–Trinajstić information content (AvgIpc) is 2.32. The monoisotopic (exact) mass is 204 g/mol. The van der Waals surface area contributed by atoms with Gasteiger partial charge in [-0.15, -0.1) is 0 Å². The molecule has 4 fully saturated rings. The average molecular weight is 204 g/mol. The quantitative estimate of drug-likeness (QED) is 0.558. The first kappa shape index (κ1) is 8.20. The number of rotatable bonds is 0. The largest absolute Gasteiger partial charge is 0.390 e. The van der Waals surface area contributed by atoms with Crippen LogP contribution in [0.5, 0.6) is 0 Å². The fourth-order valence-corrected chi connectivity index (χ4v) is 4.99. The highest BCUT2D eigenvalue weighted by Gasteiger charge is 2.60. The van der Waals surface area contributed by atoms with E-state index in [0.29, 0.717) is 6.42 Å². The van der Waals surface area contributed by atoms with Gasteiger partial charge in [-0.05, 0) is 25.2 Å². The third kappa shape index (κ3) is 0.899. The first-order valence-electron chi connectivity index (χ1n) is 4.70. The summed E-state index contributed by atoms with van der Waals surface area (Å²) in [4.78, 5) is 0. The topological polar surface area (TPSA) is 63.6 Å². The number of aliphatic hydroxyl groups is 1. The third-order valence-electron chi connectivity index (χ3n) is 3.74. The first-order valence-corrected chi connectivity index (χ1v) is 6.17. The lowest BCUT2D eigenvalue weighted by Crippen LogP contribution is -2.49. The summed E-state index contributed by atoms with van der Waals surface area (Å²) in [5, 5.41) is 9.41. The van der Waals surface area contributed by atoms with E-state index in [1.54, 1.807) is 0 Å². The van der Waals surface area contributed by atoms with Gasteiger partial charge in [-0.1, -0.05) is 0 Å². The van der Waals surface area contributed by atoms with E-state index in [4.69, 9.17) is 4.18 Å². The summed E-state index contributed by atoms with van der Waals surface area (Å²) in [5.74, 6) is 0.210. The molecule has 4 nitrogen and oxygen atoms in total. The first-order chi connectivity index (χ1) is 6.09. The fourth-order valence-electron chi connectivity index (χ4n) is 3.08. The summed E-state index contributed by atoms with van der Waals surface area (Å²) in [6.07, 6.45) is 1.48. The maximum atomic E-state index is 11.4. The second-order valence-electron chi connectivity index (χ2n) is 4.32. The van der Waals surface area contributed by atoms with Crippen LogP contribution in [0.1, 0.15) is 19.3 Å². The van der Waals surface area contributed by atoms with Gasteiger partial charge in [0, 0.05) is 5.92 Å². The van der Waals surface area contributed by atoms with Gasteiger partial charge in [-0.3, -0.25) is 4.18 Å². The van der Waals surface area contributed by atoms with Crippen LogP contribution in [-0.4, -0.2) is 31.0 Å². The van der Waals surface area contributed by atoms with Crippen molar-refractivity contribution in [3.05, 3.63) is 0 Å². The van der Waals surface area contributed by atoms with Gasteiger partial charge in [0.15, 0.2) is 0 Å². The predicted octanol–water partition coefficient (Wildman–Crippen LogP) is -0.126. The molecule has 3 aliphatic carbocycles. The van der Waals surface area contributed by atoms with E-state index in [9.17, 15) is 13.5 Å². The summed E-state index contributed by atoms with van der Waals surface area (Å²) >= 11 is 0. The van der Waals surface area contributed by atoms with Crippen molar-refractivity contribution in [2.24, 2.45) is 11.8 Å². The molecule has 0 aromatic rings. The molecule has 0 amide bonds. The molecule has 5 atom stereocenters. The highest BCUT2D eigenvalue weighted by molar-refractivity contribution is 7.87. The molecule has 1 saturated heterocycles. The van der Waals surface area contributed by atoms with E-state index in [-0.39, 0.29) is 17.1 Å². The number of hydrogen-bond donors (Lipinski definition) is 1. The Morgan fingerprint density at radius 1 is 1.31 bits per heavy atom. The van der Waals surface area contributed by atoms with Gasteiger partial charge in [0.2, 0.25) is 0 Å². The van der Waals surface area contributed by atoms with Crippen LogP contribution >= 0.6 is 0 Å². The molecule has 0 radical (unpaired) electrons. The zero-order chi connectivity index (χ0) is 9.22. The Bertz CT molecular complexity index is 336. The van der Waals surface area contributed by atoms with Crippen LogP contribution in [0.15, 0.2) is 0 Å². The molecule has 3 saturated carbocycles. The van der Waals surface area contributed by atoms with Crippen molar-refractivity contribution < 1.29 is 17.7 Å². The zero-order valence-corrected chi connectivity index (χ0v) is 7.90. The van der Waals surface area contributed by atoms with Crippen molar-refractivity contribution in [2.45, 2.75) is 36.7 Å². The molecule has 1 heterocycles. The molecule has 4 bridgehead atoms. The van der Waals surface area contributed by atoms with Crippen molar-refractivity contribution >= 4 is 10.1 Å². The predicted molar refractivity (Wildman–Crippen MR) is 44.4 cm³/mol. The highest BCUT2D eigenvalue weighted by Crippen LogP contribution is 2.51. The van der Waals surface area contributed by atoms with Crippen LogP contribution in [0.2, 0.25) is 0 Å². The Kier molecular flexibility index (Phi) is 1.43. The van der Waals surface area contributed by atoms with Gasteiger partial charge < -0.3 is 5.11 Å². The molecule has 5 heteroatoms. The molecule has 4 rings (SSSR count). The zero-order valence-electron chi connectivity index (χ0n) is 7.09. The van der Waals surface area contributed by atoms with Gasteiger partial charge in [-0.2, -0.15) is 8.42 Å². The van der Waals surface area contributed by atoms with Gasteiger partial charge >= 0.3 is 0 Å². The minimum absolute atomic E-state index is 0.0602. The number of fused-ring (bicyclic) bond motifs is 1. The molecule has 1 N–H and O–H groups in total. The molecule has 5 unspecified atom stereocenters. The van der Waals surface area contributed by atoms with Crippen molar-refractivity contribution in [1.29, 1.82) is 0 Å². The van der Waals surface area contributed by atoms with Gasteiger partial charge in [0.25, 0.3) is 10.1 Å². The lowest BCUT2D eigenvalue weighted by Gasteiger charge is -2.41. The summed E-state index contributed by atoms with van der Waals surface area (Å²) in [7, 11) is -3.35. The maximum Gasteiger partial charge on any atom is 0.270 e. The van der Waals surface area contributed by atoms with Crippen LogP contribution in [0.3, 0.4) is 0 Å². The molecule has 74 valence electrons. The van der Waals surface area contributed by atoms with E-state index < -0.39 is 22.3 Å². The molecular formula is C8H12O4S. The summed E-state index contributed by atoms with van der Waals surface area (Å²) in [6, 6.07) is 0. The van der Waals surface area contributed by atoms with Crippen molar-refractivity contribution in [2.75, 3.05) is 0 Å². The fraction of sp³-hybridized carbons (Fsp3) is 1.00. The minimum atomic E-state index is -3.35. The Morgan fingerprint density at radius 3 is 2.77 bits per heavy atom. The van der Waals surface area contributed by atoms with Crippen LogP contribution in [0.4, 0.5) is 0 Å².